The minimum Gasteiger partial charge on any atom is -0.366 e. The summed E-state index contributed by atoms with van der Waals surface area (Å²) in [5.41, 5.74) is 7.72. The maximum Gasteiger partial charge on any atom is 0.249 e. The molecule has 0 unspecified atom stereocenters. The van der Waals surface area contributed by atoms with E-state index >= 15 is 0 Å². The average molecular weight is 531 g/mol. The Hall–Kier alpha value is -2.82. The molecule has 1 aliphatic carbocycles. The zero-order valence-electron chi connectivity index (χ0n) is 21.1. The van der Waals surface area contributed by atoms with Gasteiger partial charge in [0, 0.05) is 43.7 Å². The largest absolute Gasteiger partial charge is 0.366 e. The van der Waals surface area contributed by atoms with Gasteiger partial charge in [0.1, 0.15) is 5.82 Å². The van der Waals surface area contributed by atoms with E-state index < -0.39 is 21.8 Å². The highest BCUT2D eigenvalue weighted by molar-refractivity contribution is 7.88. The van der Waals surface area contributed by atoms with Gasteiger partial charge in [-0.2, -0.15) is 4.31 Å². The van der Waals surface area contributed by atoms with Crippen LogP contribution in [0.15, 0.2) is 48.5 Å². The molecule has 0 spiro atoms. The fourth-order valence-corrected chi connectivity index (χ4v) is 5.98. The van der Waals surface area contributed by atoms with Crippen LogP contribution in [-0.4, -0.2) is 74.5 Å². The van der Waals surface area contributed by atoms with Gasteiger partial charge in [0.2, 0.25) is 21.8 Å². The molecule has 2 aliphatic rings. The molecule has 8 nitrogen and oxygen atoms in total. The number of primary amides is 1. The fraction of sp³-hybridized carbons (Fsp3) is 0.481. The van der Waals surface area contributed by atoms with Gasteiger partial charge in [0.25, 0.3) is 0 Å². The molecule has 37 heavy (non-hydrogen) atoms. The summed E-state index contributed by atoms with van der Waals surface area (Å²) in [5.74, 6) is -1.02. The van der Waals surface area contributed by atoms with Crippen LogP contribution in [0.5, 0.6) is 0 Å². The first kappa shape index (κ1) is 27.2. The number of rotatable bonds is 11. The van der Waals surface area contributed by atoms with Gasteiger partial charge in [0.05, 0.1) is 12.2 Å². The van der Waals surface area contributed by atoms with Gasteiger partial charge < -0.3 is 16.0 Å². The Morgan fingerprint density at radius 2 is 1.73 bits per heavy atom. The highest BCUT2D eigenvalue weighted by atomic mass is 32.2. The number of nitrogens with two attached hydrogens (primary N) is 1. The molecule has 0 radical (unpaired) electrons. The molecular weight excluding hydrogens is 495 g/mol. The van der Waals surface area contributed by atoms with Crippen molar-refractivity contribution in [2.24, 2.45) is 5.73 Å². The van der Waals surface area contributed by atoms with Crippen LogP contribution in [0.2, 0.25) is 0 Å². The predicted octanol–water partition coefficient (Wildman–Crippen LogP) is 2.43. The zero-order chi connectivity index (χ0) is 26.6. The third kappa shape index (κ3) is 6.94. The summed E-state index contributed by atoms with van der Waals surface area (Å²) in [4.78, 5) is 27.4. The number of nitrogens with one attached hydrogen (secondary N) is 1. The van der Waals surface area contributed by atoms with E-state index in [2.05, 4.69) is 5.32 Å². The summed E-state index contributed by atoms with van der Waals surface area (Å²) in [6.07, 6.45) is 4.39. The van der Waals surface area contributed by atoms with Crippen LogP contribution in [-0.2, 0) is 14.8 Å². The van der Waals surface area contributed by atoms with Crippen LogP contribution < -0.4 is 11.1 Å². The van der Waals surface area contributed by atoms with Gasteiger partial charge in [-0.25, -0.2) is 12.8 Å². The Morgan fingerprint density at radius 1 is 1.05 bits per heavy atom. The quantitative estimate of drug-likeness (QED) is 0.434. The van der Waals surface area contributed by atoms with Gasteiger partial charge in [0.15, 0.2) is 0 Å². The van der Waals surface area contributed by atoms with Crippen molar-refractivity contribution in [1.82, 2.24) is 14.5 Å². The Bertz CT molecular complexity index is 1210. The van der Waals surface area contributed by atoms with Gasteiger partial charge in [-0.1, -0.05) is 36.8 Å². The van der Waals surface area contributed by atoms with E-state index in [1.165, 1.54) is 22.7 Å². The third-order valence-electron chi connectivity index (χ3n) is 7.33. The number of nitrogens with zero attached hydrogens (tertiary/aromatic N) is 2. The lowest BCUT2D eigenvalue weighted by Gasteiger charge is -2.35. The molecular formula is C27H35FN4O4S. The van der Waals surface area contributed by atoms with E-state index in [1.54, 1.807) is 29.2 Å². The Kier molecular flexibility index (Phi) is 8.61. The van der Waals surface area contributed by atoms with Gasteiger partial charge in [-0.15, -0.1) is 0 Å². The molecule has 0 bridgehead atoms. The Balaban J connectivity index is 1.34. The van der Waals surface area contributed by atoms with Crippen molar-refractivity contribution in [3.8, 4) is 0 Å². The first-order valence-electron chi connectivity index (χ1n) is 12.8. The van der Waals surface area contributed by atoms with Crippen molar-refractivity contribution in [2.75, 3.05) is 39.0 Å². The standard InChI is InChI=1S/C27H35FN4O4S/c1-37(35,36)32-16-14-31(15-17-32)27(34)23(21-6-2-3-7-22(21)26(29)33)8-4-5-13-30-25-18-24(25)19-9-11-20(28)12-10-19/h2-3,6-7,9-12,23-25,30H,4-5,8,13-18H2,1H3,(H2,29,33)/t23-,24-,25+/m0/s1. The van der Waals surface area contributed by atoms with E-state index in [-0.39, 0.29) is 24.8 Å². The normalized spacial score (nSPS) is 21.0. The van der Waals surface area contributed by atoms with E-state index in [1.807, 2.05) is 12.1 Å². The van der Waals surface area contributed by atoms with Crippen LogP contribution in [0.4, 0.5) is 4.39 Å². The Labute approximate surface area is 218 Å². The van der Waals surface area contributed by atoms with Gasteiger partial charge in [-0.3, -0.25) is 9.59 Å². The topological polar surface area (TPSA) is 113 Å². The fourth-order valence-electron chi connectivity index (χ4n) is 5.16. The van der Waals surface area contributed by atoms with Gasteiger partial charge >= 0.3 is 0 Å². The molecule has 0 aromatic heterocycles. The summed E-state index contributed by atoms with van der Waals surface area (Å²) in [6.45, 7) is 1.95. The minimum atomic E-state index is -3.30. The third-order valence-corrected chi connectivity index (χ3v) is 8.64. The van der Waals surface area contributed by atoms with Crippen molar-refractivity contribution in [3.63, 3.8) is 0 Å². The summed E-state index contributed by atoms with van der Waals surface area (Å²) < 4.78 is 38.3. The highest BCUT2D eigenvalue weighted by Crippen LogP contribution is 2.40. The number of unbranched alkanes of at least 4 members (excludes halogenated alkanes) is 1. The van der Waals surface area contributed by atoms with Crippen molar-refractivity contribution >= 4 is 21.8 Å². The SMILES string of the molecule is CS(=O)(=O)N1CCN(C(=O)[C@@H](CCCCN[C@@H]2C[C@H]2c2ccc(F)cc2)c2ccccc2C(N)=O)CC1. The molecule has 2 amide bonds. The number of halogens is 1. The summed E-state index contributed by atoms with van der Waals surface area (Å²) in [7, 11) is -3.30. The first-order chi connectivity index (χ1) is 17.6. The summed E-state index contributed by atoms with van der Waals surface area (Å²) in [6, 6.07) is 14.0. The monoisotopic (exact) mass is 530 g/mol. The van der Waals surface area contributed by atoms with Crippen molar-refractivity contribution in [1.29, 1.82) is 0 Å². The molecule has 10 heteroatoms. The van der Waals surface area contributed by atoms with E-state index in [0.29, 0.717) is 42.6 Å². The first-order valence-corrected chi connectivity index (χ1v) is 14.6. The molecule has 3 N–H and O–H groups in total. The number of sulfonamides is 1. The number of carbonyl (C=O) groups excluding carboxylic acids is 2. The molecule has 2 aromatic carbocycles. The number of benzene rings is 2. The maximum absolute atomic E-state index is 13.6. The smallest absolute Gasteiger partial charge is 0.249 e. The average Bonchev–Trinajstić information content (AvgIpc) is 3.65. The van der Waals surface area contributed by atoms with Crippen molar-refractivity contribution < 1.29 is 22.4 Å². The lowest BCUT2D eigenvalue weighted by atomic mass is 9.88. The lowest BCUT2D eigenvalue weighted by molar-refractivity contribution is -0.134. The van der Waals surface area contributed by atoms with E-state index in [9.17, 15) is 22.4 Å². The van der Waals surface area contributed by atoms with Crippen molar-refractivity contribution in [2.45, 2.75) is 43.6 Å². The molecule has 1 aliphatic heterocycles. The van der Waals surface area contributed by atoms with E-state index in [0.717, 1.165) is 31.4 Å². The number of hydrogen-bond acceptors (Lipinski definition) is 5. The van der Waals surface area contributed by atoms with E-state index in [4.69, 9.17) is 5.73 Å². The zero-order valence-corrected chi connectivity index (χ0v) is 21.9. The molecule has 1 heterocycles. The second-order valence-electron chi connectivity index (χ2n) is 9.94. The number of piperazine rings is 1. The van der Waals surface area contributed by atoms with Crippen molar-refractivity contribution in [3.05, 3.63) is 71.0 Å². The lowest BCUT2D eigenvalue weighted by Crippen LogP contribution is -2.51. The highest BCUT2D eigenvalue weighted by Gasteiger charge is 2.37. The summed E-state index contributed by atoms with van der Waals surface area (Å²) >= 11 is 0. The van der Waals surface area contributed by atoms with Gasteiger partial charge in [-0.05, 0) is 55.1 Å². The molecule has 2 fully saturated rings. The molecule has 3 atom stereocenters. The number of carbonyl (C=O) groups is 2. The van der Waals surface area contributed by atoms with Crippen LogP contribution in [0.25, 0.3) is 0 Å². The van der Waals surface area contributed by atoms with Crippen LogP contribution in [0, 0.1) is 5.82 Å². The molecule has 2 aromatic rings. The number of amides is 2. The van der Waals surface area contributed by atoms with Crippen LogP contribution in [0.3, 0.4) is 0 Å². The second-order valence-corrected chi connectivity index (χ2v) is 11.9. The molecule has 1 saturated heterocycles. The summed E-state index contributed by atoms with van der Waals surface area (Å²) in [5, 5.41) is 3.55. The van der Waals surface area contributed by atoms with Crippen LogP contribution >= 0.6 is 0 Å². The molecule has 4 rings (SSSR count). The van der Waals surface area contributed by atoms with Crippen LogP contribution in [0.1, 0.15) is 59.0 Å². The Morgan fingerprint density at radius 3 is 2.38 bits per heavy atom. The number of hydrogen-bond donors (Lipinski definition) is 2. The minimum absolute atomic E-state index is 0.103. The maximum atomic E-state index is 13.6. The second kappa shape index (κ2) is 11.7. The predicted molar refractivity (Wildman–Crippen MR) is 140 cm³/mol. The molecule has 1 saturated carbocycles. The molecule has 200 valence electrons.